The Balaban J connectivity index is 1.51. The minimum absolute atomic E-state index is 0.263. The normalized spacial score (nSPS) is 24.2. The fraction of sp³-hybridized carbons (Fsp3) is 0.562. The van der Waals surface area contributed by atoms with Crippen molar-refractivity contribution in [1.29, 1.82) is 0 Å². The molecule has 2 fully saturated rings. The maximum Gasteiger partial charge on any atom is 0.223 e. The van der Waals surface area contributed by atoms with E-state index < -0.39 is 0 Å². The van der Waals surface area contributed by atoms with E-state index in [-0.39, 0.29) is 11.8 Å². The predicted molar refractivity (Wildman–Crippen MR) is 72.0 cm³/mol. The molecule has 2 saturated carbocycles. The van der Waals surface area contributed by atoms with Gasteiger partial charge in [-0.1, -0.05) is 29.8 Å². The van der Waals surface area contributed by atoms with E-state index in [0.717, 1.165) is 12.8 Å². The summed E-state index contributed by atoms with van der Waals surface area (Å²) >= 11 is 0. The lowest BCUT2D eigenvalue weighted by atomic mass is 10.0. The highest BCUT2D eigenvalue weighted by Crippen LogP contribution is 2.59. The van der Waals surface area contributed by atoms with Gasteiger partial charge in [-0.3, -0.25) is 4.79 Å². The van der Waals surface area contributed by atoms with Gasteiger partial charge in [-0.05, 0) is 50.0 Å². The van der Waals surface area contributed by atoms with Crippen LogP contribution in [-0.4, -0.2) is 5.91 Å². The van der Waals surface area contributed by atoms with E-state index in [9.17, 15) is 4.79 Å². The van der Waals surface area contributed by atoms with Crippen molar-refractivity contribution >= 4 is 5.91 Å². The van der Waals surface area contributed by atoms with Crippen molar-refractivity contribution in [2.75, 3.05) is 0 Å². The second-order valence-electron chi connectivity index (χ2n) is 6.14. The van der Waals surface area contributed by atoms with Crippen LogP contribution in [0.5, 0.6) is 0 Å². The quantitative estimate of drug-likeness (QED) is 0.868. The lowest BCUT2D eigenvalue weighted by molar-refractivity contribution is -0.125. The Morgan fingerprint density at radius 2 is 2.00 bits per heavy atom. The molecule has 2 heteroatoms. The van der Waals surface area contributed by atoms with Crippen molar-refractivity contribution in [3.63, 3.8) is 0 Å². The van der Waals surface area contributed by atoms with Crippen LogP contribution < -0.4 is 5.32 Å². The Morgan fingerprint density at radius 3 is 2.61 bits per heavy atom. The molecular weight excluding hydrogens is 222 g/mol. The molecule has 1 N–H and O–H groups in total. The zero-order chi connectivity index (χ0) is 12.6. The van der Waals surface area contributed by atoms with E-state index in [1.165, 1.54) is 30.4 Å². The number of carbonyl (C=O) groups is 1. The lowest BCUT2D eigenvalue weighted by Crippen LogP contribution is -2.29. The molecule has 1 atom stereocenters. The summed E-state index contributed by atoms with van der Waals surface area (Å²) in [5.41, 5.74) is 3.04. The summed E-state index contributed by atoms with van der Waals surface area (Å²) in [6.07, 6.45) is 6.21. The van der Waals surface area contributed by atoms with Crippen molar-refractivity contribution in [2.45, 2.75) is 45.6 Å². The van der Waals surface area contributed by atoms with Crippen LogP contribution in [-0.2, 0) is 11.3 Å². The van der Waals surface area contributed by atoms with E-state index in [0.29, 0.717) is 12.0 Å². The molecule has 96 valence electrons. The molecule has 1 aromatic carbocycles. The van der Waals surface area contributed by atoms with E-state index in [1.54, 1.807) is 0 Å². The Kier molecular flexibility index (Phi) is 2.89. The summed E-state index contributed by atoms with van der Waals surface area (Å²) in [5.74, 6) is 0.539. The summed E-state index contributed by atoms with van der Waals surface area (Å²) in [4.78, 5) is 12.1. The number of aryl methyl sites for hydroxylation is 1. The molecule has 2 aliphatic carbocycles. The molecule has 18 heavy (non-hydrogen) atoms. The SMILES string of the molecule is Cc1ccc(CNC(=O)[C@@H]2CCC3(CC3)C2)cc1. The number of hydrogen-bond acceptors (Lipinski definition) is 1. The molecule has 2 aliphatic rings. The molecule has 0 aliphatic heterocycles. The Bertz CT molecular complexity index is 445. The summed E-state index contributed by atoms with van der Waals surface area (Å²) in [7, 11) is 0. The smallest absolute Gasteiger partial charge is 0.223 e. The molecule has 0 heterocycles. The number of benzene rings is 1. The highest BCUT2D eigenvalue weighted by atomic mass is 16.1. The van der Waals surface area contributed by atoms with Crippen LogP contribution in [0.2, 0.25) is 0 Å². The number of rotatable bonds is 3. The molecule has 1 spiro atoms. The second-order valence-corrected chi connectivity index (χ2v) is 6.14. The summed E-state index contributed by atoms with van der Waals surface area (Å²) in [6.45, 7) is 2.75. The third kappa shape index (κ3) is 2.43. The van der Waals surface area contributed by atoms with Crippen molar-refractivity contribution in [1.82, 2.24) is 5.32 Å². The maximum absolute atomic E-state index is 12.1. The molecule has 1 aromatic rings. The van der Waals surface area contributed by atoms with Crippen LogP contribution in [0, 0.1) is 18.3 Å². The third-order valence-corrected chi connectivity index (χ3v) is 4.62. The van der Waals surface area contributed by atoms with Gasteiger partial charge in [0.15, 0.2) is 0 Å². The molecule has 2 nitrogen and oxygen atoms in total. The van der Waals surface area contributed by atoms with Crippen molar-refractivity contribution in [3.8, 4) is 0 Å². The maximum atomic E-state index is 12.1. The summed E-state index contributed by atoms with van der Waals surface area (Å²) in [6, 6.07) is 8.37. The van der Waals surface area contributed by atoms with Gasteiger partial charge in [0.25, 0.3) is 0 Å². The third-order valence-electron chi connectivity index (χ3n) is 4.62. The zero-order valence-corrected chi connectivity index (χ0v) is 11.0. The fourth-order valence-electron chi connectivity index (χ4n) is 3.10. The van der Waals surface area contributed by atoms with E-state index in [2.05, 4.69) is 36.5 Å². The van der Waals surface area contributed by atoms with Gasteiger partial charge in [-0.25, -0.2) is 0 Å². The standard InChI is InChI=1S/C16H21NO/c1-12-2-4-13(5-3-12)11-17-15(18)14-6-7-16(10-14)8-9-16/h2-5,14H,6-11H2,1H3,(H,17,18)/t14-/m1/s1. The first-order valence-corrected chi connectivity index (χ1v) is 7.00. The second kappa shape index (κ2) is 4.42. The van der Waals surface area contributed by atoms with Gasteiger partial charge in [0.2, 0.25) is 5.91 Å². The van der Waals surface area contributed by atoms with Crippen molar-refractivity contribution in [3.05, 3.63) is 35.4 Å². The molecule has 0 aromatic heterocycles. The van der Waals surface area contributed by atoms with Gasteiger partial charge in [-0.2, -0.15) is 0 Å². The largest absolute Gasteiger partial charge is 0.352 e. The Morgan fingerprint density at radius 1 is 1.28 bits per heavy atom. The fourth-order valence-corrected chi connectivity index (χ4v) is 3.10. The van der Waals surface area contributed by atoms with Crippen LogP contribution in [0.4, 0.5) is 0 Å². The minimum atomic E-state index is 0.263. The predicted octanol–water partition coefficient (Wildman–Crippen LogP) is 3.19. The van der Waals surface area contributed by atoms with Crippen LogP contribution in [0.15, 0.2) is 24.3 Å². The molecule has 0 unspecified atom stereocenters. The first kappa shape index (κ1) is 11.8. The number of amides is 1. The topological polar surface area (TPSA) is 29.1 Å². The number of hydrogen-bond donors (Lipinski definition) is 1. The summed E-state index contributed by atoms with van der Waals surface area (Å²) in [5, 5.41) is 3.09. The Hall–Kier alpha value is -1.31. The average molecular weight is 243 g/mol. The molecular formula is C16H21NO. The van der Waals surface area contributed by atoms with E-state index in [1.807, 2.05) is 0 Å². The van der Waals surface area contributed by atoms with Crippen LogP contribution in [0.25, 0.3) is 0 Å². The molecule has 1 amide bonds. The first-order chi connectivity index (χ1) is 8.67. The van der Waals surface area contributed by atoms with Gasteiger partial charge in [0, 0.05) is 12.5 Å². The summed E-state index contributed by atoms with van der Waals surface area (Å²) < 4.78 is 0. The van der Waals surface area contributed by atoms with Gasteiger partial charge < -0.3 is 5.32 Å². The van der Waals surface area contributed by atoms with Crippen LogP contribution >= 0.6 is 0 Å². The van der Waals surface area contributed by atoms with Gasteiger partial charge >= 0.3 is 0 Å². The van der Waals surface area contributed by atoms with Gasteiger partial charge in [0.05, 0.1) is 0 Å². The van der Waals surface area contributed by atoms with E-state index in [4.69, 9.17) is 0 Å². The number of carbonyl (C=O) groups excluding carboxylic acids is 1. The molecule has 3 rings (SSSR count). The van der Waals surface area contributed by atoms with E-state index >= 15 is 0 Å². The zero-order valence-electron chi connectivity index (χ0n) is 11.0. The van der Waals surface area contributed by atoms with Gasteiger partial charge in [-0.15, -0.1) is 0 Å². The molecule has 0 bridgehead atoms. The van der Waals surface area contributed by atoms with Crippen molar-refractivity contribution in [2.24, 2.45) is 11.3 Å². The van der Waals surface area contributed by atoms with Crippen molar-refractivity contribution < 1.29 is 4.79 Å². The van der Waals surface area contributed by atoms with Gasteiger partial charge in [0.1, 0.15) is 0 Å². The highest BCUT2D eigenvalue weighted by molar-refractivity contribution is 5.79. The monoisotopic (exact) mass is 243 g/mol. The Labute approximate surface area is 109 Å². The minimum Gasteiger partial charge on any atom is -0.352 e. The molecule has 0 saturated heterocycles. The molecule has 0 radical (unpaired) electrons. The highest BCUT2D eigenvalue weighted by Gasteiger charge is 2.49. The van der Waals surface area contributed by atoms with Crippen LogP contribution in [0.3, 0.4) is 0 Å². The average Bonchev–Trinajstić information content (AvgIpc) is 2.98. The lowest BCUT2D eigenvalue weighted by Gasteiger charge is -2.11. The first-order valence-electron chi connectivity index (χ1n) is 7.00. The number of nitrogens with one attached hydrogen (secondary N) is 1. The van der Waals surface area contributed by atoms with Crippen LogP contribution in [0.1, 0.15) is 43.2 Å².